The molecule has 0 heterocycles. The zero-order chi connectivity index (χ0) is 16.7. The topological polar surface area (TPSA) is 64.6 Å². The highest BCUT2D eigenvalue weighted by molar-refractivity contribution is 7.53. The van der Waals surface area contributed by atoms with Crippen LogP contribution in [0.1, 0.15) is 22.0 Å². The van der Waals surface area contributed by atoms with Crippen molar-refractivity contribution in [1.82, 2.24) is 5.32 Å². The molecule has 0 aliphatic carbocycles. The van der Waals surface area contributed by atoms with Gasteiger partial charge in [-0.1, -0.05) is 48.5 Å². The van der Waals surface area contributed by atoms with Crippen molar-refractivity contribution in [1.29, 1.82) is 0 Å². The van der Waals surface area contributed by atoms with Gasteiger partial charge in [-0.05, 0) is 17.7 Å². The van der Waals surface area contributed by atoms with Crippen LogP contribution in [0.3, 0.4) is 0 Å². The van der Waals surface area contributed by atoms with Gasteiger partial charge in [0.1, 0.15) is 0 Å². The molecule has 1 atom stereocenters. The fraction of sp³-hybridized carbons (Fsp3) is 0.235. The van der Waals surface area contributed by atoms with Gasteiger partial charge in [0.25, 0.3) is 5.91 Å². The molecule has 1 N–H and O–H groups in total. The third-order valence-electron chi connectivity index (χ3n) is 3.51. The van der Waals surface area contributed by atoms with Crippen LogP contribution in [0.15, 0.2) is 60.7 Å². The van der Waals surface area contributed by atoms with Gasteiger partial charge < -0.3 is 14.4 Å². The Morgan fingerprint density at radius 2 is 1.52 bits per heavy atom. The summed E-state index contributed by atoms with van der Waals surface area (Å²) in [5.41, 5.74) is 1.38. The predicted molar refractivity (Wildman–Crippen MR) is 89.6 cm³/mol. The highest BCUT2D eigenvalue weighted by Gasteiger charge is 2.29. The Morgan fingerprint density at radius 1 is 1.00 bits per heavy atom. The number of benzene rings is 2. The minimum atomic E-state index is -3.27. The van der Waals surface area contributed by atoms with Crippen molar-refractivity contribution in [3.8, 4) is 0 Å². The maximum atomic E-state index is 12.5. The largest absolute Gasteiger partial charge is 0.345 e. The van der Waals surface area contributed by atoms with Crippen LogP contribution in [0.5, 0.6) is 0 Å². The van der Waals surface area contributed by atoms with E-state index in [0.717, 1.165) is 5.56 Å². The summed E-state index contributed by atoms with van der Waals surface area (Å²) in [7, 11) is -0.588. The van der Waals surface area contributed by atoms with Gasteiger partial charge in [-0.3, -0.25) is 9.36 Å². The summed E-state index contributed by atoms with van der Waals surface area (Å²) in [6.45, 7) is 0. The van der Waals surface area contributed by atoms with Crippen LogP contribution >= 0.6 is 7.60 Å². The molecule has 0 spiro atoms. The first kappa shape index (κ1) is 17.4. The van der Waals surface area contributed by atoms with Crippen LogP contribution in [0.2, 0.25) is 0 Å². The number of amides is 1. The standard InChI is InChI=1S/C17H20NO4P/c1-21-23(20,22-2)13-16(14-9-5-3-6-10-14)18-17(19)15-11-7-4-8-12-15/h3-12,16H,13H2,1-2H3,(H,18,19). The molecule has 1 unspecified atom stereocenters. The molecule has 0 aromatic heterocycles. The lowest BCUT2D eigenvalue weighted by molar-refractivity contribution is 0.0939. The summed E-state index contributed by atoms with van der Waals surface area (Å²) < 4.78 is 22.5. The first-order valence-corrected chi connectivity index (χ1v) is 8.92. The molecule has 0 saturated heterocycles. The molecule has 0 saturated carbocycles. The van der Waals surface area contributed by atoms with E-state index in [-0.39, 0.29) is 12.1 Å². The van der Waals surface area contributed by atoms with E-state index in [9.17, 15) is 9.36 Å². The zero-order valence-electron chi connectivity index (χ0n) is 13.1. The highest BCUT2D eigenvalue weighted by atomic mass is 31.2. The molecule has 0 aliphatic rings. The van der Waals surface area contributed by atoms with Crippen molar-refractivity contribution < 1.29 is 18.4 Å². The molecule has 0 aliphatic heterocycles. The van der Waals surface area contributed by atoms with Crippen LogP contribution in [0.25, 0.3) is 0 Å². The first-order chi connectivity index (χ1) is 11.1. The van der Waals surface area contributed by atoms with E-state index in [1.165, 1.54) is 14.2 Å². The van der Waals surface area contributed by atoms with Crippen molar-refractivity contribution in [3.05, 3.63) is 71.8 Å². The average Bonchev–Trinajstić information content (AvgIpc) is 2.62. The number of nitrogens with one attached hydrogen (secondary N) is 1. The second-order valence-corrected chi connectivity index (χ2v) is 7.28. The second-order valence-electron chi connectivity index (χ2n) is 4.96. The van der Waals surface area contributed by atoms with Crippen LogP contribution in [0, 0.1) is 0 Å². The van der Waals surface area contributed by atoms with Gasteiger partial charge in [0, 0.05) is 19.8 Å². The summed E-state index contributed by atoms with van der Waals surface area (Å²) >= 11 is 0. The second kappa shape index (κ2) is 8.06. The fourth-order valence-electron chi connectivity index (χ4n) is 2.20. The zero-order valence-corrected chi connectivity index (χ0v) is 14.0. The molecule has 0 fully saturated rings. The van der Waals surface area contributed by atoms with E-state index in [1.54, 1.807) is 24.3 Å². The molecule has 2 rings (SSSR count). The minimum absolute atomic E-state index is 0.0581. The Kier molecular flexibility index (Phi) is 6.11. The Hall–Kier alpha value is -1.94. The maximum absolute atomic E-state index is 12.5. The van der Waals surface area contributed by atoms with E-state index < -0.39 is 13.6 Å². The number of hydrogen-bond acceptors (Lipinski definition) is 4. The highest BCUT2D eigenvalue weighted by Crippen LogP contribution is 2.49. The molecule has 6 heteroatoms. The van der Waals surface area contributed by atoms with E-state index in [2.05, 4.69) is 5.32 Å². The van der Waals surface area contributed by atoms with E-state index in [0.29, 0.717) is 5.56 Å². The Morgan fingerprint density at radius 3 is 2.04 bits per heavy atom. The van der Waals surface area contributed by atoms with Gasteiger partial charge in [0.05, 0.1) is 12.2 Å². The van der Waals surface area contributed by atoms with Gasteiger partial charge in [0.2, 0.25) is 0 Å². The quantitative estimate of drug-likeness (QED) is 0.786. The number of rotatable bonds is 7. The SMILES string of the molecule is COP(=O)(CC(NC(=O)c1ccccc1)c1ccccc1)OC. The van der Waals surface area contributed by atoms with E-state index in [1.807, 2.05) is 36.4 Å². The molecule has 2 aromatic rings. The molecule has 122 valence electrons. The molecular weight excluding hydrogens is 313 g/mol. The lowest BCUT2D eigenvalue weighted by Gasteiger charge is -2.23. The first-order valence-electron chi connectivity index (χ1n) is 7.19. The van der Waals surface area contributed by atoms with Gasteiger partial charge >= 0.3 is 7.60 Å². The van der Waals surface area contributed by atoms with E-state index >= 15 is 0 Å². The van der Waals surface area contributed by atoms with Gasteiger partial charge in [-0.15, -0.1) is 0 Å². The third-order valence-corrected chi connectivity index (χ3v) is 5.43. The molecule has 0 radical (unpaired) electrons. The molecule has 2 aromatic carbocycles. The molecule has 0 bridgehead atoms. The summed E-state index contributed by atoms with van der Waals surface area (Å²) in [6, 6.07) is 17.7. The smallest absolute Gasteiger partial charge is 0.332 e. The average molecular weight is 333 g/mol. The lowest BCUT2D eigenvalue weighted by Crippen LogP contribution is -2.31. The monoisotopic (exact) mass is 333 g/mol. The van der Waals surface area contributed by atoms with Crippen LogP contribution < -0.4 is 5.32 Å². The summed E-state index contributed by atoms with van der Waals surface area (Å²) in [5.74, 6) is -0.238. The van der Waals surface area contributed by atoms with Gasteiger partial charge in [0.15, 0.2) is 0 Å². The number of carbonyl (C=O) groups excluding carboxylic acids is 1. The normalized spacial score (nSPS) is 12.6. The third kappa shape index (κ3) is 4.76. The summed E-state index contributed by atoms with van der Waals surface area (Å²) in [4.78, 5) is 12.4. The molecular formula is C17H20NO4P. The van der Waals surface area contributed by atoms with Crippen LogP contribution in [-0.2, 0) is 13.6 Å². The number of carbonyl (C=O) groups is 1. The Labute approximate surface area is 136 Å². The fourth-order valence-corrected chi connectivity index (χ4v) is 3.39. The van der Waals surface area contributed by atoms with Crippen molar-refractivity contribution in [2.24, 2.45) is 0 Å². The summed E-state index contributed by atoms with van der Waals surface area (Å²) in [6.07, 6.45) is 0.0581. The molecule has 5 nitrogen and oxygen atoms in total. The van der Waals surface area contributed by atoms with Crippen molar-refractivity contribution in [2.45, 2.75) is 6.04 Å². The van der Waals surface area contributed by atoms with Crippen LogP contribution in [-0.4, -0.2) is 26.3 Å². The van der Waals surface area contributed by atoms with Crippen molar-refractivity contribution in [2.75, 3.05) is 20.4 Å². The van der Waals surface area contributed by atoms with Crippen molar-refractivity contribution in [3.63, 3.8) is 0 Å². The predicted octanol–water partition coefficient (Wildman–Crippen LogP) is 3.64. The maximum Gasteiger partial charge on any atom is 0.332 e. The minimum Gasteiger partial charge on any atom is -0.345 e. The Bertz CT molecular complexity index is 668. The van der Waals surface area contributed by atoms with Gasteiger partial charge in [-0.25, -0.2) is 0 Å². The number of hydrogen-bond donors (Lipinski definition) is 1. The molecule has 1 amide bonds. The van der Waals surface area contributed by atoms with Crippen molar-refractivity contribution >= 4 is 13.5 Å². The Balaban J connectivity index is 2.24. The van der Waals surface area contributed by atoms with Crippen LogP contribution in [0.4, 0.5) is 0 Å². The summed E-state index contributed by atoms with van der Waals surface area (Å²) in [5, 5.41) is 2.90. The lowest BCUT2D eigenvalue weighted by atomic mass is 10.1. The molecule has 23 heavy (non-hydrogen) atoms. The van der Waals surface area contributed by atoms with Gasteiger partial charge in [-0.2, -0.15) is 0 Å². The van der Waals surface area contributed by atoms with E-state index in [4.69, 9.17) is 9.05 Å².